The number of nitrogens with zero attached hydrogens (tertiary/aromatic N) is 1. The number of para-hydroxylation sites is 2. The van der Waals surface area contributed by atoms with E-state index in [1.54, 1.807) is 0 Å². The molecule has 4 nitrogen and oxygen atoms in total. The number of halogens is 1. The Hall–Kier alpha value is -2.04. The maximum atomic E-state index is 13.4. The maximum absolute atomic E-state index is 13.4. The first-order chi connectivity index (χ1) is 12.5. The van der Waals surface area contributed by atoms with Crippen LogP contribution >= 0.6 is 0 Å². The first-order valence-electron chi connectivity index (χ1n) is 9.40. The molecule has 2 aromatic carbocycles. The second-order valence-corrected chi connectivity index (χ2v) is 7.07. The summed E-state index contributed by atoms with van der Waals surface area (Å²) in [5, 5.41) is 0. The fourth-order valence-electron chi connectivity index (χ4n) is 3.71. The summed E-state index contributed by atoms with van der Waals surface area (Å²) in [5.41, 5.74) is 0.827. The first kappa shape index (κ1) is 21.3. The lowest BCUT2D eigenvalue weighted by atomic mass is 9.74. The molecule has 146 valence electrons. The van der Waals surface area contributed by atoms with Crippen LogP contribution in [0.5, 0.6) is 11.5 Å². The molecule has 1 aliphatic rings. The van der Waals surface area contributed by atoms with E-state index < -0.39 is 5.41 Å². The molecule has 5 heteroatoms. The lowest BCUT2D eigenvalue weighted by Gasteiger charge is -2.38. The molecule has 0 radical (unpaired) electrons. The maximum Gasteiger partial charge on any atom is 0.325 e. The van der Waals surface area contributed by atoms with E-state index in [0.717, 1.165) is 35.2 Å². The first-order valence-corrected chi connectivity index (χ1v) is 9.40. The highest BCUT2D eigenvalue weighted by molar-refractivity contribution is 5.90. The van der Waals surface area contributed by atoms with Crippen LogP contribution in [0.3, 0.4) is 0 Å². The van der Waals surface area contributed by atoms with Crippen LogP contribution in [0.4, 0.5) is 0 Å². The Morgan fingerprint density at radius 2 is 1.37 bits per heavy atom. The minimum atomic E-state index is -0.879. The Bertz CT molecular complexity index is 748. The van der Waals surface area contributed by atoms with Gasteiger partial charge in [0, 0.05) is 11.1 Å². The van der Waals surface area contributed by atoms with Crippen molar-refractivity contribution in [3.8, 4) is 11.5 Å². The standard InChI is InChI=1S/C22H28NO3.ClH/c1-5-23(6-2,7-3)16-25-21(24)22(4)17-12-8-10-14-19(17)26-20-15-11-9-13-18(20)22;/h8-15H,5-7,16H2,1-4H3;1H/q+1;/p-1. The Morgan fingerprint density at radius 3 is 1.81 bits per heavy atom. The van der Waals surface area contributed by atoms with Crippen molar-refractivity contribution in [1.82, 2.24) is 0 Å². The lowest BCUT2D eigenvalue weighted by Crippen LogP contribution is -3.00. The minimum Gasteiger partial charge on any atom is -1.00 e. The molecule has 0 N–H and O–H groups in total. The topological polar surface area (TPSA) is 35.5 Å². The van der Waals surface area contributed by atoms with Crippen molar-refractivity contribution in [2.24, 2.45) is 0 Å². The van der Waals surface area contributed by atoms with Gasteiger partial charge in [0.15, 0.2) is 0 Å². The summed E-state index contributed by atoms with van der Waals surface area (Å²) in [6, 6.07) is 15.4. The van der Waals surface area contributed by atoms with Gasteiger partial charge in [0.05, 0.1) is 19.6 Å². The van der Waals surface area contributed by atoms with Gasteiger partial charge < -0.3 is 21.9 Å². The van der Waals surface area contributed by atoms with Crippen LogP contribution in [-0.4, -0.2) is 36.8 Å². The van der Waals surface area contributed by atoms with Crippen molar-refractivity contribution in [3.63, 3.8) is 0 Å². The zero-order chi connectivity index (χ0) is 18.8. The molecule has 0 atom stereocenters. The Morgan fingerprint density at radius 1 is 0.926 bits per heavy atom. The SMILES string of the molecule is CC[N+](CC)(CC)COC(=O)C1(C)c2ccccc2Oc2ccccc21.[Cl-]. The predicted octanol–water partition coefficient (Wildman–Crippen LogP) is 1.48. The number of ether oxygens (including phenoxy) is 2. The highest BCUT2D eigenvalue weighted by Crippen LogP contribution is 2.48. The van der Waals surface area contributed by atoms with Crippen LogP contribution in [0.25, 0.3) is 0 Å². The third-order valence-corrected chi connectivity index (χ3v) is 5.96. The highest BCUT2D eigenvalue weighted by atomic mass is 35.5. The zero-order valence-electron chi connectivity index (χ0n) is 16.5. The number of rotatable bonds is 6. The quantitative estimate of drug-likeness (QED) is 0.426. The summed E-state index contributed by atoms with van der Waals surface area (Å²) in [6.07, 6.45) is 0. The third kappa shape index (κ3) is 3.56. The van der Waals surface area contributed by atoms with Gasteiger partial charge in [0.2, 0.25) is 6.73 Å². The van der Waals surface area contributed by atoms with E-state index in [0.29, 0.717) is 18.2 Å². The molecule has 0 bridgehead atoms. The average molecular weight is 390 g/mol. The number of carbonyl (C=O) groups is 1. The van der Waals surface area contributed by atoms with Gasteiger partial charge in [-0.05, 0) is 39.8 Å². The monoisotopic (exact) mass is 389 g/mol. The number of esters is 1. The molecule has 0 aliphatic carbocycles. The Labute approximate surface area is 168 Å². The van der Waals surface area contributed by atoms with Gasteiger partial charge in [-0.25, -0.2) is 0 Å². The van der Waals surface area contributed by atoms with Crippen LogP contribution < -0.4 is 17.1 Å². The second-order valence-electron chi connectivity index (χ2n) is 7.07. The molecule has 27 heavy (non-hydrogen) atoms. The molecule has 3 rings (SSSR count). The number of fused-ring (bicyclic) bond motifs is 2. The molecule has 2 aromatic rings. The highest BCUT2D eigenvalue weighted by Gasteiger charge is 2.46. The molecule has 1 heterocycles. The summed E-state index contributed by atoms with van der Waals surface area (Å²) in [7, 11) is 0. The molecule has 0 unspecified atom stereocenters. The minimum absolute atomic E-state index is 0. The fourth-order valence-corrected chi connectivity index (χ4v) is 3.71. The number of hydrogen-bond acceptors (Lipinski definition) is 3. The molecule has 1 aliphatic heterocycles. The van der Waals surface area contributed by atoms with Gasteiger partial charge in [-0.3, -0.25) is 9.28 Å². The predicted molar refractivity (Wildman–Crippen MR) is 102 cm³/mol. The molecular weight excluding hydrogens is 362 g/mol. The third-order valence-electron chi connectivity index (χ3n) is 5.96. The molecule has 0 spiro atoms. The smallest absolute Gasteiger partial charge is 0.325 e. The van der Waals surface area contributed by atoms with E-state index in [2.05, 4.69) is 20.8 Å². The van der Waals surface area contributed by atoms with Gasteiger partial charge in [0.1, 0.15) is 16.9 Å². The number of quaternary nitrogens is 1. The average Bonchev–Trinajstić information content (AvgIpc) is 2.69. The van der Waals surface area contributed by atoms with E-state index in [4.69, 9.17) is 9.47 Å². The van der Waals surface area contributed by atoms with Crippen molar-refractivity contribution >= 4 is 5.97 Å². The number of benzene rings is 2. The van der Waals surface area contributed by atoms with Crippen LogP contribution in [0, 0.1) is 0 Å². The fraction of sp³-hybridized carbons (Fsp3) is 0.409. The second kappa shape index (κ2) is 8.32. The summed E-state index contributed by atoms with van der Waals surface area (Å²) in [5.74, 6) is 1.21. The van der Waals surface area contributed by atoms with E-state index in [1.165, 1.54) is 0 Å². The summed E-state index contributed by atoms with van der Waals surface area (Å²) in [6.45, 7) is 11.6. The van der Waals surface area contributed by atoms with E-state index in [9.17, 15) is 4.79 Å². The normalized spacial score (nSPS) is 14.2. The summed E-state index contributed by atoms with van der Waals surface area (Å²) >= 11 is 0. The van der Waals surface area contributed by atoms with E-state index >= 15 is 0 Å². The Balaban J connectivity index is 0.00000261. The Kier molecular flexibility index (Phi) is 6.55. The van der Waals surface area contributed by atoms with Crippen molar-refractivity contribution in [3.05, 3.63) is 59.7 Å². The van der Waals surface area contributed by atoms with Crippen molar-refractivity contribution in [2.75, 3.05) is 26.4 Å². The van der Waals surface area contributed by atoms with Gasteiger partial charge in [-0.1, -0.05) is 36.4 Å². The van der Waals surface area contributed by atoms with Gasteiger partial charge in [-0.15, -0.1) is 0 Å². The molecule has 0 aromatic heterocycles. The van der Waals surface area contributed by atoms with Crippen LogP contribution in [0.1, 0.15) is 38.8 Å². The van der Waals surface area contributed by atoms with Gasteiger partial charge >= 0.3 is 5.97 Å². The van der Waals surface area contributed by atoms with Gasteiger partial charge in [-0.2, -0.15) is 0 Å². The molecule has 0 saturated heterocycles. The van der Waals surface area contributed by atoms with Crippen molar-refractivity contribution in [1.29, 1.82) is 0 Å². The molecular formula is C22H28ClNO3. The number of carbonyl (C=O) groups excluding carboxylic acids is 1. The van der Waals surface area contributed by atoms with Crippen LogP contribution in [-0.2, 0) is 14.9 Å². The molecule has 0 fully saturated rings. The van der Waals surface area contributed by atoms with Gasteiger partial charge in [0.25, 0.3) is 0 Å². The van der Waals surface area contributed by atoms with Crippen LogP contribution in [0.2, 0.25) is 0 Å². The van der Waals surface area contributed by atoms with E-state index in [1.807, 2.05) is 55.5 Å². The summed E-state index contributed by atoms with van der Waals surface area (Å²) in [4.78, 5) is 13.4. The van der Waals surface area contributed by atoms with E-state index in [-0.39, 0.29) is 18.4 Å². The molecule has 0 amide bonds. The number of hydrogen-bond donors (Lipinski definition) is 0. The van der Waals surface area contributed by atoms with Crippen LogP contribution in [0.15, 0.2) is 48.5 Å². The summed E-state index contributed by atoms with van der Waals surface area (Å²) < 4.78 is 12.7. The largest absolute Gasteiger partial charge is 1.00 e. The van der Waals surface area contributed by atoms with Crippen molar-refractivity contribution < 1.29 is 31.2 Å². The lowest BCUT2D eigenvalue weighted by molar-refractivity contribution is -0.938. The van der Waals surface area contributed by atoms with Crippen molar-refractivity contribution in [2.45, 2.75) is 33.1 Å². The molecule has 0 saturated carbocycles. The zero-order valence-corrected chi connectivity index (χ0v) is 17.3.